The van der Waals surface area contributed by atoms with Crippen LogP contribution in [0.1, 0.15) is 13.3 Å². The van der Waals surface area contributed by atoms with Gasteiger partial charge in [-0.15, -0.1) is 0 Å². The third-order valence-electron chi connectivity index (χ3n) is 0.854. The molecule has 0 aromatic rings. The summed E-state index contributed by atoms with van der Waals surface area (Å²) >= 11 is 0. The van der Waals surface area contributed by atoms with Crippen molar-refractivity contribution in [3.05, 3.63) is 0 Å². The lowest BCUT2D eigenvalue weighted by molar-refractivity contribution is -0.110. The standard InChI is InChI=1S/C5H11NO/c1-5(4-7)2-3-6/h4-5H,2-3,6H2,1H3. The lowest BCUT2D eigenvalue weighted by Crippen LogP contribution is -2.05. The summed E-state index contributed by atoms with van der Waals surface area (Å²) in [5.41, 5.74) is 5.15. The van der Waals surface area contributed by atoms with Crippen molar-refractivity contribution >= 4 is 6.29 Å². The van der Waals surface area contributed by atoms with Crippen LogP contribution in [-0.4, -0.2) is 12.8 Å². The molecule has 0 rings (SSSR count). The Kier molecular flexibility index (Phi) is 3.61. The monoisotopic (exact) mass is 101 g/mol. The van der Waals surface area contributed by atoms with E-state index in [2.05, 4.69) is 0 Å². The highest BCUT2D eigenvalue weighted by atomic mass is 16.1. The average Bonchev–Trinajstić information content (AvgIpc) is 1.68. The lowest BCUT2D eigenvalue weighted by Gasteiger charge is -1.95. The normalized spacial score (nSPS) is 13.4. The molecular weight excluding hydrogens is 90.1 g/mol. The fraction of sp³-hybridized carbons (Fsp3) is 0.800. The highest BCUT2D eigenvalue weighted by Gasteiger charge is 1.93. The Balaban J connectivity index is 2.98. The van der Waals surface area contributed by atoms with Crippen molar-refractivity contribution in [3.8, 4) is 0 Å². The molecule has 0 bridgehead atoms. The van der Waals surface area contributed by atoms with E-state index in [0.29, 0.717) is 6.54 Å². The molecule has 1 unspecified atom stereocenters. The highest BCUT2D eigenvalue weighted by Crippen LogP contribution is 1.91. The molecular formula is C5H11NO. The first kappa shape index (κ1) is 6.63. The van der Waals surface area contributed by atoms with E-state index in [1.165, 1.54) is 0 Å². The van der Waals surface area contributed by atoms with E-state index in [1.807, 2.05) is 6.92 Å². The van der Waals surface area contributed by atoms with Gasteiger partial charge in [0.05, 0.1) is 0 Å². The largest absolute Gasteiger partial charge is 0.330 e. The van der Waals surface area contributed by atoms with Crippen LogP contribution in [0.15, 0.2) is 0 Å². The van der Waals surface area contributed by atoms with Crippen molar-refractivity contribution in [2.75, 3.05) is 6.54 Å². The molecule has 0 amide bonds. The molecule has 0 aliphatic rings. The Hall–Kier alpha value is -0.370. The maximum absolute atomic E-state index is 9.84. The second-order valence-corrected chi connectivity index (χ2v) is 1.69. The molecule has 0 aliphatic carbocycles. The first-order chi connectivity index (χ1) is 3.31. The van der Waals surface area contributed by atoms with Crippen LogP contribution in [0, 0.1) is 5.92 Å². The van der Waals surface area contributed by atoms with Gasteiger partial charge >= 0.3 is 0 Å². The molecule has 2 nitrogen and oxygen atoms in total. The molecule has 42 valence electrons. The van der Waals surface area contributed by atoms with Gasteiger partial charge in [0.25, 0.3) is 0 Å². The molecule has 0 aromatic carbocycles. The van der Waals surface area contributed by atoms with Gasteiger partial charge in [-0.05, 0) is 13.0 Å². The van der Waals surface area contributed by atoms with Crippen LogP contribution in [0.5, 0.6) is 0 Å². The molecule has 0 spiro atoms. The van der Waals surface area contributed by atoms with Gasteiger partial charge in [0.15, 0.2) is 0 Å². The minimum atomic E-state index is 0.144. The summed E-state index contributed by atoms with van der Waals surface area (Å²) < 4.78 is 0. The summed E-state index contributed by atoms with van der Waals surface area (Å²) in [7, 11) is 0. The zero-order chi connectivity index (χ0) is 5.70. The molecule has 1 atom stereocenters. The third-order valence-corrected chi connectivity index (χ3v) is 0.854. The molecule has 0 heterocycles. The maximum atomic E-state index is 9.84. The molecule has 2 N–H and O–H groups in total. The number of hydrogen-bond donors (Lipinski definition) is 1. The third kappa shape index (κ3) is 3.46. The lowest BCUT2D eigenvalue weighted by atomic mass is 10.1. The molecule has 0 saturated heterocycles. The Morgan fingerprint density at radius 1 is 1.86 bits per heavy atom. The quantitative estimate of drug-likeness (QED) is 0.515. The Bertz CT molecular complexity index is 54.0. The van der Waals surface area contributed by atoms with Crippen LogP contribution >= 0.6 is 0 Å². The highest BCUT2D eigenvalue weighted by molar-refractivity contribution is 5.52. The maximum Gasteiger partial charge on any atom is 0.122 e. The summed E-state index contributed by atoms with van der Waals surface area (Å²) in [5, 5.41) is 0. The van der Waals surface area contributed by atoms with Gasteiger partial charge in [-0.25, -0.2) is 0 Å². The van der Waals surface area contributed by atoms with Gasteiger partial charge in [-0.2, -0.15) is 0 Å². The van der Waals surface area contributed by atoms with E-state index < -0.39 is 0 Å². The van der Waals surface area contributed by atoms with Gasteiger partial charge in [-0.1, -0.05) is 6.92 Å². The number of carbonyl (C=O) groups is 1. The van der Waals surface area contributed by atoms with Crippen molar-refractivity contribution in [1.29, 1.82) is 0 Å². The molecule has 0 aliphatic heterocycles. The Morgan fingerprint density at radius 3 is 2.57 bits per heavy atom. The number of aldehydes is 1. The first-order valence-corrected chi connectivity index (χ1v) is 2.46. The van der Waals surface area contributed by atoms with Crippen molar-refractivity contribution in [2.45, 2.75) is 13.3 Å². The second kappa shape index (κ2) is 3.81. The van der Waals surface area contributed by atoms with E-state index >= 15 is 0 Å². The predicted molar refractivity (Wildman–Crippen MR) is 28.9 cm³/mol. The SMILES string of the molecule is CC(C=O)CCN. The smallest absolute Gasteiger partial charge is 0.122 e. The average molecular weight is 101 g/mol. The van der Waals surface area contributed by atoms with E-state index in [0.717, 1.165) is 12.7 Å². The van der Waals surface area contributed by atoms with Gasteiger partial charge in [-0.3, -0.25) is 0 Å². The van der Waals surface area contributed by atoms with Gasteiger partial charge in [0.1, 0.15) is 6.29 Å². The molecule has 7 heavy (non-hydrogen) atoms. The van der Waals surface area contributed by atoms with E-state index in [9.17, 15) is 4.79 Å². The minimum absolute atomic E-state index is 0.144. The number of nitrogens with two attached hydrogens (primary N) is 1. The Labute approximate surface area is 43.7 Å². The van der Waals surface area contributed by atoms with E-state index in [-0.39, 0.29) is 5.92 Å². The van der Waals surface area contributed by atoms with Gasteiger partial charge < -0.3 is 10.5 Å². The van der Waals surface area contributed by atoms with Gasteiger partial charge in [0.2, 0.25) is 0 Å². The van der Waals surface area contributed by atoms with Crippen LogP contribution < -0.4 is 5.73 Å². The summed E-state index contributed by atoms with van der Waals surface area (Å²) in [5.74, 6) is 0.144. The fourth-order valence-corrected chi connectivity index (χ4v) is 0.331. The summed E-state index contributed by atoms with van der Waals surface area (Å²) in [6, 6.07) is 0. The Morgan fingerprint density at radius 2 is 2.43 bits per heavy atom. The van der Waals surface area contributed by atoms with Crippen molar-refractivity contribution in [2.24, 2.45) is 11.7 Å². The minimum Gasteiger partial charge on any atom is -0.330 e. The topological polar surface area (TPSA) is 43.1 Å². The van der Waals surface area contributed by atoms with E-state index in [4.69, 9.17) is 5.73 Å². The summed E-state index contributed by atoms with van der Waals surface area (Å²) in [6.45, 7) is 2.47. The molecule has 0 saturated carbocycles. The van der Waals surface area contributed by atoms with Crippen LogP contribution in [0.3, 0.4) is 0 Å². The van der Waals surface area contributed by atoms with E-state index in [1.54, 1.807) is 0 Å². The molecule has 0 fully saturated rings. The predicted octanol–water partition coefficient (Wildman–Crippen LogP) is 0.170. The summed E-state index contributed by atoms with van der Waals surface area (Å²) in [4.78, 5) is 9.84. The second-order valence-electron chi connectivity index (χ2n) is 1.69. The molecule has 0 aromatic heterocycles. The number of carbonyl (C=O) groups excluding carboxylic acids is 1. The number of hydrogen-bond acceptors (Lipinski definition) is 2. The van der Waals surface area contributed by atoms with Gasteiger partial charge in [0, 0.05) is 5.92 Å². The summed E-state index contributed by atoms with van der Waals surface area (Å²) in [6.07, 6.45) is 1.73. The van der Waals surface area contributed by atoms with Crippen LogP contribution in [0.25, 0.3) is 0 Å². The first-order valence-electron chi connectivity index (χ1n) is 2.46. The van der Waals surface area contributed by atoms with Crippen LogP contribution in [0.2, 0.25) is 0 Å². The number of rotatable bonds is 3. The zero-order valence-corrected chi connectivity index (χ0v) is 4.55. The van der Waals surface area contributed by atoms with Crippen LogP contribution in [0.4, 0.5) is 0 Å². The van der Waals surface area contributed by atoms with Crippen molar-refractivity contribution in [3.63, 3.8) is 0 Å². The molecule has 0 radical (unpaired) electrons. The zero-order valence-electron chi connectivity index (χ0n) is 4.55. The van der Waals surface area contributed by atoms with Crippen LogP contribution in [-0.2, 0) is 4.79 Å². The molecule has 2 heteroatoms. The fourth-order valence-electron chi connectivity index (χ4n) is 0.331. The van der Waals surface area contributed by atoms with Crippen molar-refractivity contribution in [1.82, 2.24) is 0 Å². The van der Waals surface area contributed by atoms with Crippen molar-refractivity contribution < 1.29 is 4.79 Å².